The van der Waals surface area contributed by atoms with E-state index in [2.05, 4.69) is 0 Å². The van der Waals surface area contributed by atoms with E-state index >= 15 is 0 Å². The normalized spacial score (nSPS) is 17.4. The van der Waals surface area contributed by atoms with E-state index in [1.165, 1.54) is 33.7 Å². The summed E-state index contributed by atoms with van der Waals surface area (Å²) >= 11 is 2.80. The van der Waals surface area contributed by atoms with Crippen LogP contribution in [0.15, 0.2) is 0 Å². The molecule has 0 heterocycles. The predicted molar refractivity (Wildman–Crippen MR) is 37.9 cm³/mol. The predicted octanol–water partition coefficient (Wildman–Crippen LogP) is -1.07. The van der Waals surface area contributed by atoms with E-state index in [9.17, 15) is 4.79 Å². The first-order valence-electron chi connectivity index (χ1n) is 2.29. The SMILES string of the molecule is CC([AsH2])[C@@H]([AsH2])C(=O)O. The van der Waals surface area contributed by atoms with Crippen LogP contribution < -0.4 is 0 Å². The van der Waals surface area contributed by atoms with Crippen molar-refractivity contribution >= 4 is 39.7 Å². The Hall–Kier alpha value is 0.587. The topological polar surface area (TPSA) is 37.3 Å². The van der Waals surface area contributed by atoms with Crippen LogP contribution in [0.25, 0.3) is 0 Å². The maximum absolute atomic E-state index is 10.2. The average molecular weight is 240 g/mol. The van der Waals surface area contributed by atoms with Crippen LogP contribution in [-0.2, 0) is 4.79 Å². The molecule has 0 amide bonds. The molecule has 0 rings (SSSR count). The van der Waals surface area contributed by atoms with Gasteiger partial charge in [0.1, 0.15) is 0 Å². The Bertz CT molecular complexity index is 92.0. The van der Waals surface area contributed by atoms with E-state index in [0.29, 0.717) is 4.71 Å². The summed E-state index contributed by atoms with van der Waals surface area (Å²) in [6.45, 7) is 1.94. The molecule has 0 aliphatic rings. The van der Waals surface area contributed by atoms with Crippen LogP contribution in [-0.4, -0.2) is 44.8 Å². The Balaban J connectivity index is 3.64. The number of rotatable bonds is 2. The number of carbonyl (C=O) groups is 1. The molecule has 0 aromatic heterocycles. The Morgan fingerprint density at radius 2 is 2.00 bits per heavy atom. The first kappa shape index (κ1) is 8.59. The second kappa shape index (κ2) is 3.58. The molecule has 0 aliphatic carbocycles. The zero-order chi connectivity index (χ0) is 6.73. The third-order valence-corrected chi connectivity index (χ3v) is 5.55. The monoisotopic (exact) mass is 240 g/mol. The number of carboxylic acid groups (broad SMARTS) is 1. The fourth-order valence-corrected chi connectivity index (χ4v) is 0.570. The number of hydrogen-bond acceptors (Lipinski definition) is 1. The molecule has 8 heavy (non-hydrogen) atoms. The van der Waals surface area contributed by atoms with Crippen LogP contribution in [0, 0.1) is 0 Å². The second-order valence-electron chi connectivity index (χ2n) is 1.72. The molecule has 0 bridgehead atoms. The van der Waals surface area contributed by atoms with Crippen molar-refractivity contribution in [1.82, 2.24) is 0 Å². The van der Waals surface area contributed by atoms with Crippen LogP contribution in [0.3, 0.4) is 0 Å². The molecular weight excluding hydrogens is 230 g/mol. The Kier molecular flexibility index (Phi) is 3.84. The quantitative estimate of drug-likeness (QED) is 0.624. The Labute approximate surface area is 66.0 Å². The van der Waals surface area contributed by atoms with E-state index in [1.54, 1.807) is 0 Å². The zero-order valence-electron chi connectivity index (χ0n) is 4.66. The van der Waals surface area contributed by atoms with E-state index in [0.717, 1.165) is 0 Å². The fraction of sp³-hybridized carbons (Fsp3) is 0.750. The van der Waals surface area contributed by atoms with Gasteiger partial charge >= 0.3 is 65.9 Å². The van der Waals surface area contributed by atoms with Crippen molar-refractivity contribution in [2.45, 2.75) is 16.3 Å². The number of hydrogen-bond donors (Lipinski definition) is 1. The van der Waals surface area contributed by atoms with Crippen LogP contribution >= 0.6 is 0 Å². The van der Waals surface area contributed by atoms with Gasteiger partial charge in [-0.15, -0.1) is 0 Å². The first-order chi connectivity index (χ1) is 3.55. The second-order valence-corrected chi connectivity index (χ2v) is 5.44. The molecule has 0 aromatic carbocycles. The minimum absolute atomic E-state index is 0.123. The van der Waals surface area contributed by atoms with Gasteiger partial charge in [-0.2, -0.15) is 0 Å². The van der Waals surface area contributed by atoms with Gasteiger partial charge in [-0.05, 0) is 0 Å². The van der Waals surface area contributed by atoms with Crippen molar-refractivity contribution < 1.29 is 9.90 Å². The maximum atomic E-state index is 10.2. The molecule has 0 fully saturated rings. The van der Waals surface area contributed by atoms with E-state index in [1.807, 2.05) is 6.92 Å². The first-order valence-corrected chi connectivity index (χ1v) is 5.09. The van der Waals surface area contributed by atoms with Crippen LogP contribution in [0.2, 0.25) is 9.41 Å². The summed E-state index contributed by atoms with van der Waals surface area (Å²) in [5, 5.41) is 8.38. The summed E-state index contributed by atoms with van der Waals surface area (Å²) in [7, 11) is 0. The van der Waals surface area contributed by atoms with Crippen LogP contribution in [0.1, 0.15) is 6.92 Å². The van der Waals surface area contributed by atoms with Crippen molar-refractivity contribution in [3.63, 3.8) is 0 Å². The molecule has 48 valence electrons. The molecule has 4 atom stereocenters. The van der Waals surface area contributed by atoms with Gasteiger partial charge in [-0.3, -0.25) is 0 Å². The molecule has 0 saturated carbocycles. The summed E-state index contributed by atoms with van der Waals surface area (Å²) in [5.41, 5.74) is 0. The summed E-state index contributed by atoms with van der Waals surface area (Å²) in [5.74, 6) is -0.665. The molecule has 0 radical (unpaired) electrons. The number of carboxylic acids is 1. The molecule has 0 aliphatic heterocycles. The molecule has 0 spiro atoms. The average Bonchev–Trinajstić information content (AvgIpc) is 1.64. The molecule has 0 saturated heterocycles. The van der Waals surface area contributed by atoms with Gasteiger partial charge in [-0.1, -0.05) is 0 Å². The van der Waals surface area contributed by atoms with Gasteiger partial charge in [0.15, 0.2) is 0 Å². The summed E-state index contributed by atoms with van der Waals surface area (Å²) < 4.78 is 0.211. The fourth-order valence-electron chi connectivity index (χ4n) is 0.225. The van der Waals surface area contributed by atoms with Crippen LogP contribution in [0.4, 0.5) is 0 Å². The standard InChI is InChI=1S/C4H10As2O2/c1-2(5)3(6)4(7)8/h2-3H,5-6H2,1H3,(H,7,8)/t2?,3-/m1/s1. The van der Waals surface area contributed by atoms with E-state index < -0.39 is 5.97 Å². The van der Waals surface area contributed by atoms with E-state index in [-0.39, 0.29) is 4.71 Å². The van der Waals surface area contributed by atoms with Gasteiger partial charge in [0.25, 0.3) is 0 Å². The third kappa shape index (κ3) is 2.79. The van der Waals surface area contributed by atoms with Crippen molar-refractivity contribution in [2.24, 2.45) is 0 Å². The van der Waals surface area contributed by atoms with Gasteiger partial charge in [0.2, 0.25) is 0 Å². The van der Waals surface area contributed by atoms with E-state index in [4.69, 9.17) is 5.11 Å². The molecule has 4 heteroatoms. The third-order valence-electron chi connectivity index (χ3n) is 0.852. The minimum atomic E-state index is -0.665. The van der Waals surface area contributed by atoms with Crippen LogP contribution in [0.5, 0.6) is 0 Å². The molecule has 1 N–H and O–H groups in total. The van der Waals surface area contributed by atoms with Crippen molar-refractivity contribution in [1.29, 1.82) is 0 Å². The summed E-state index contributed by atoms with van der Waals surface area (Å²) in [6, 6.07) is 0. The van der Waals surface area contributed by atoms with Gasteiger partial charge in [0.05, 0.1) is 0 Å². The van der Waals surface area contributed by atoms with Crippen molar-refractivity contribution in [3.05, 3.63) is 0 Å². The van der Waals surface area contributed by atoms with Crippen molar-refractivity contribution in [3.8, 4) is 0 Å². The summed E-state index contributed by atoms with van der Waals surface area (Å²) in [6.07, 6.45) is 0. The number of aliphatic carboxylic acids is 1. The Morgan fingerprint density at radius 3 is 2.00 bits per heavy atom. The van der Waals surface area contributed by atoms with Gasteiger partial charge in [0, 0.05) is 0 Å². The molecular formula is C4H10As2O2. The Morgan fingerprint density at radius 1 is 1.62 bits per heavy atom. The molecule has 0 aromatic rings. The van der Waals surface area contributed by atoms with Crippen molar-refractivity contribution in [2.75, 3.05) is 0 Å². The van der Waals surface area contributed by atoms with Gasteiger partial charge < -0.3 is 0 Å². The summed E-state index contributed by atoms with van der Waals surface area (Å²) in [4.78, 5) is 10.2. The molecule has 3 unspecified atom stereocenters. The van der Waals surface area contributed by atoms with Gasteiger partial charge in [-0.25, -0.2) is 0 Å². The molecule has 2 nitrogen and oxygen atoms in total. The zero-order valence-corrected chi connectivity index (χ0v) is 9.51.